The number of benzene rings is 1. The van der Waals surface area contributed by atoms with Crippen LogP contribution < -0.4 is 4.74 Å². The summed E-state index contributed by atoms with van der Waals surface area (Å²) in [5.41, 5.74) is -0.697. The van der Waals surface area contributed by atoms with Gasteiger partial charge in [-0.1, -0.05) is 71.1 Å². The van der Waals surface area contributed by atoms with Gasteiger partial charge in [0.15, 0.2) is 0 Å². The monoisotopic (exact) mass is 306 g/mol. The van der Waals surface area contributed by atoms with Gasteiger partial charge in [-0.05, 0) is 37.8 Å². The summed E-state index contributed by atoms with van der Waals surface area (Å²) >= 11 is 0. The Kier molecular flexibility index (Phi) is 9.22. The number of aliphatic hydroxyl groups is 1. The number of rotatable bonds is 12. The molecule has 1 rings (SSSR count). The van der Waals surface area contributed by atoms with E-state index in [1.807, 2.05) is 30.3 Å². The predicted molar refractivity (Wildman–Crippen MR) is 94.4 cm³/mol. The fraction of sp³-hybridized carbons (Fsp3) is 0.700. The lowest BCUT2D eigenvalue weighted by Gasteiger charge is -2.37. The lowest BCUT2D eigenvalue weighted by atomic mass is 9.83. The Morgan fingerprint density at radius 1 is 0.909 bits per heavy atom. The molecule has 1 unspecified atom stereocenters. The van der Waals surface area contributed by atoms with E-state index in [0.717, 1.165) is 63.5 Å². The van der Waals surface area contributed by atoms with Crippen molar-refractivity contribution in [3.05, 3.63) is 30.3 Å². The van der Waals surface area contributed by atoms with E-state index in [2.05, 4.69) is 20.8 Å². The molecule has 126 valence electrons. The first kappa shape index (κ1) is 19.0. The molecule has 0 aliphatic heterocycles. The Hall–Kier alpha value is -1.02. The molecule has 1 aromatic carbocycles. The van der Waals surface area contributed by atoms with Crippen LogP contribution in [0.2, 0.25) is 0 Å². The molecule has 0 bridgehead atoms. The normalized spacial score (nSPS) is 13.1. The maximum absolute atomic E-state index is 11.3. The molecule has 0 amide bonds. The van der Waals surface area contributed by atoms with Gasteiger partial charge < -0.3 is 9.84 Å². The van der Waals surface area contributed by atoms with Crippen molar-refractivity contribution in [3.63, 3.8) is 0 Å². The largest absolute Gasteiger partial charge is 0.487 e. The molecule has 2 heteroatoms. The molecular formula is C20H34O2. The molecule has 0 spiro atoms. The summed E-state index contributed by atoms with van der Waals surface area (Å²) in [5.74, 6) is 0.870. The van der Waals surface area contributed by atoms with Crippen LogP contribution in [0.1, 0.15) is 78.6 Å². The van der Waals surface area contributed by atoms with Gasteiger partial charge in [-0.25, -0.2) is 0 Å². The Bertz CT molecular complexity index is 367. The summed E-state index contributed by atoms with van der Waals surface area (Å²) < 4.78 is 6.23. The summed E-state index contributed by atoms with van der Waals surface area (Å²) in [4.78, 5) is 0. The topological polar surface area (TPSA) is 29.5 Å². The Morgan fingerprint density at radius 3 is 1.95 bits per heavy atom. The third kappa shape index (κ3) is 6.39. The van der Waals surface area contributed by atoms with Crippen molar-refractivity contribution in [2.75, 3.05) is 0 Å². The third-order valence-corrected chi connectivity index (χ3v) is 4.37. The van der Waals surface area contributed by atoms with Gasteiger partial charge in [0.2, 0.25) is 0 Å². The zero-order valence-corrected chi connectivity index (χ0v) is 14.7. The van der Waals surface area contributed by atoms with Crippen LogP contribution >= 0.6 is 0 Å². The number of para-hydroxylation sites is 1. The average Bonchev–Trinajstić information content (AvgIpc) is 2.55. The SMILES string of the molecule is CCCCC(Oc1ccccc1)C(O)(CCCC)CCCC. The summed E-state index contributed by atoms with van der Waals surface area (Å²) in [7, 11) is 0. The summed E-state index contributed by atoms with van der Waals surface area (Å²) in [5, 5.41) is 11.3. The maximum atomic E-state index is 11.3. The second kappa shape index (κ2) is 10.7. The van der Waals surface area contributed by atoms with Crippen molar-refractivity contribution in [2.24, 2.45) is 0 Å². The van der Waals surface area contributed by atoms with Crippen molar-refractivity contribution >= 4 is 0 Å². The van der Waals surface area contributed by atoms with E-state index in [4.69, 9.17) is 4.74 Å². The van der Waals surface area contributed by atoms with Crippen molar-refractivity contribution in [1.82, 2.24) is 0 Å². The number of hydrogen-bond acceptors (Lipinski definition) is 2. The summed E-state index contributed by atoms with van der Waals surface area (Å²) in [6.07, 6.45) is 9.06. The average molecular weight is 306 g/mol. The summed E-state index contributed by atoms with van der Waals surface area (Å²) in [6, 6.07) is 9.94. The lowest BCUT2D eigenvalue weighted by Crippen LogP contribution is -2.46. The zero-order chi connectivity index (χ0) is 16.3. The molecule has 0 saturated heterocycles. The Labute approximate surface area is 136 Å². The molecule has 2 nitrogen and oxygen atoms in total. The van der Waals surface area contributed by atoms with E-state index in [0.29, 0.717) is 0 Å². The molecule has 0 heterocycles. The van der Waals surface area contributed by atoms with E-state index in [9.17, 15) is 5.11 Å². The van der Waals surface area contributed by atoms with Crippen molar-refractivity contribution < 1.29 is 9.84 Å². The number of ether oxygens (including phenoxy) is 1. The lowest BCUT2D eigenvalue weighted by molar-refractivity contribution is -0.0795. The van der Waals surface area contributed by atoms with E-state index in [-0.39, 0.29) is 6.10 Å². The van der Waals surface area contributed by atoms with Gasteiger partial charge in [-0.2, -0.15) is 0 Å². The standard InChI is InChI=1S/C20H34O2/c1-4-7-15-19(22-18-13-11-10-12-14-18)20(21,16-8-5-2)17-9-6-3/h10-14,19,21H,4-9,15-17H2,1-3H3. The van der Waals surface area contributed by atoms with Crippen LogP contribution in [0.5, 0.6) is 5.75 Å². The van der Waals surface area contributed by atoms with Crippen LogP contribution in [-0.2, 0) is 0 Å². The highest BCUT2D eigenvalue weighted by Gasteiger charge is 2.36. The van der Waals surface area contributed by atoms with Crippen LogP contribution in [0.25, 0.3) is 0 Å². The third-order valence-electron chi connectivity index (χ3n) is 4.37. The predicted octanol–water partition coefficient (Wildman–Crippen LogP) is 5.74. The van der Waals surface area contributed by atoms with Gasteiger partial charge in [0.1, 0.15) is 17.5 Å². The first-order chi connectivity index (χ1) is 10.7. The molecule has 22 heavy (non-hydrogen) atoms. The molecular weight excluding hydrogens is 272 g/mol. The quantitative estimate of drug-likeness (QED) is 0.534. The zero-order valence-electron chi connectivity index (χ0n) is 14.7. The fourth-order valence-electron chi connectivity index (χ4n) is 2.90. The van der Waals surface area contributed by atoms with Crippen LogP contribution in [0, 0.1) is 0 Å². The van der Waals surface area contributed by atoms with Crippen molar-refractivity contribution in [1.29, 1.82) is 0 Å². The second-order valence-corrected chi connectivity index (χ2v) is 6.37. The maximum Gasteiger partial charge on any atom is 0.127 e. The molecule has 0 aromatic heterocycles. The molecule has 1 aromatic rings. The van der Waals surface area contributed by atoms with Gasteiger partial charge in [0, 0.05) is 0 Å². The highest BCUT2D eigenvalue weighted by atomic mass is 16.5. The fourth-order valence-corrected chi connectivity index (χ4v) is 2.90. The van der Waals surface area contributed by atoms with E-state index in [1.165, 1.54) is 0 Å². The minimum absolute atomic E-state index is 0.104. The van der Waals surface area contributed by atoms with Gasteiger partial charge in [-0.3, -0.25) is 0 Å². The molecule has 0 aliphatic carbocycles. The van der Waals surface area contributed by atoms with Gasteiger partial charge in [-0.15, -0.1) is 0 Å². The van der Waals surface area contributed by atoms with E-state index >= 15 is 0 Å². The van der Waals surface area contributed by atoms with E-state index < -0.39 is 5.60 Å². The highest BCUT2D eigenvalue weighted by molar-refractivity contribution is 5.21. The van der Waals surface area contributed by atoms with Crippen LogP contribution in [0.15, 0.2) is 30.3 Å². The Balaban J connectivity index is 2.86. The molecule has 1 atom stereocenters. The van der Waals surface area contributed by atoms with Gasteiger partial charge in [0.25, 0.3) is 0 Å². The first-order valence-corrected chi connectivity index (χ1v) is 9.10. The minimum atomic E-state index is -0.697. The van der Waals surface area contributed by atoms with Crippen molar-refractivity contribution in [2.45, 2.75) is 90.3 Å². The van der Waals surface area contributed by atoms with Gasteiger partial charge in [0.05, 0.1) is 0 Å². The minimum Gasteiger partial charge on any atom is -0.487 e. The molecule has 0 saturated carbocycles. The number of hydrogen-bond donors (Lipinski definition) is 1. The Morgan fingerprint density at radius 2 is 1.45 bits per heavy atom. The van der Waals surface area contributed by atoms with E-state index in [1.54, 1.807) is 0 Å². The molecule has 1 N–H and O–H groups in total. The van der Waals surface area contributed by atoms with Crippen molar-refractivity contribution in [3.8, 4) is 5.75 Å². The van der Waals surface area contributed by atoms with Crippen LogP contribution in [0.4, 0.5) is 0 Å². The second-order valence-electron chi connectivity index (χ2n) is 6.37. The molecule has 0 radical (unpaired) electrons. The summed E-state index contributed by atoms with van der Waals surface area (Å²) in [6.45, 7) is 6.55. The van der Waals surface area contributed by atoms with Crippen LogP contribution in [0.3, 0.4) is 0 Å². The molecule has 0 fully saturated rings. The first-order valence-electron chi connectivity index (χ1n) is 9.10. The highest BCUT2D eigenvalue weighted by Crippen LogP contribution is 2.31. The molecule has 0 aliphatic rings. The number of unbranched alkanes of at least 4 members (excludes halogenated alkanes) is 3. The smallest absolute Gasteiger partial charge is 0.127 e. The van der Waals surface area contributed by atoms with Crippen LogP contribution in [-0.4, -0.2) is 16.8 Å². The van der Waals surface area contributed by atoms with Gasteiger partial charge >= 0.3 is 0 Å².